The van der Waals surface area contributed by atoms with Crippen molar-refractivity contribution in [3.8, 4) is 0 Å². The highest BCUT2D eigenvalue weighted by atomic mass is 79.9. The Bertz CT molecular complexity index is 541. The van der Waals surface area contributed by atoms with Gasteiger partial charge < -0.3 is 4.90 Å². The smallest absolute Gasteiger partial charge is 0.273 e. The van der Waals surface area contributed by atoms with Crippen molar-refractivity contribution in [1.29, 1.82) is 0 Å². The van der Waals surface area contributed by atoms with Crippen molar-refractivity contribution in [3.05, 3.63) is 30.0 Å². The molecule has 0 N–H and O–H groups in total. The van der Waals surface area contributed by atoms with E-state index in [1.165, 1.54) is 11.5 Å². The summed E-state index contributed by atoms with van der Waals surface area (Å²) in [4.78, 5) is 14.0. The number of hydrogen-bond donors (Lipinski definition) is 0. The molecule has 2 aromatic rings. The number of hydrogen-bond acceptors (Lipinski definition) is 3. The fraction of sp³-hybridized carbons (Fsp3) is 0.385. The number of rotatable bonds is 5. The third-order valence-electron chi connectivity index (χ3n) is 2.80. The minimum atomic E-state index is 0.0158. The first-order chi connectivity index (χ1) is 8.74. The molecule has 5 heteroatoms. The van der Waals surface area contributed by atoms with Gasteiger partial charge in [-0.1, -0.05) is 34.1 Å². The lowest BCUT2D eigenvalue weighted by Gasteiger charge is -2.15. The highest BCUT2D eigenvalue weighted by Crippen LogP contribution is 2.23. The molecule has 0 aliphatic heterocycles. The molecule has 1 amide bonds. The molecule has 0 atom stereocenters. The average Bonchev–Trinajstić information content (AvgIpc) is 2.82. The van der Waals surface area contributed by atoms with Crippen LogP contribution in [0, 0.1) is 0 Å². The molecule has 0 saturated heterocycles. The van der Waals surface area contributed by atoms with Gasteiger partial charge in [-0.05, 0) is 30.4 Å². The normalized spacial score (nSPS) is 10.8. The van der Waals surface area contributed by atoms with Gasteiger partial charge in [0.2, 0.25) is 0 Å². The van der Waals surface area contributed by atoms with Gasteiger partial charge >= 0.3 is 0 Å². The lowest BCUT2D eigenvalue weighted by atomic mass is 10.2. The summed E-state index contributed by atoms with van der Waals surface area (Å²) in [5.41, 5.74) is 0.581. The minimum Gasteiger partial charge on any atom is -0.340 e. The summed E-state index contributed by atoms with van der Waals surface area (Å²) in [6.07, 6.45) is 2.09. The van der Waals surface area contributed by atoms with Crippen LogP contribution < -0.4 is 0 Å². The van der Waals surface area contributed by atoms with Crippen LogP contribution in [0.3, 0.4) is 0 Å². The number of carbonyl (C=O) groups excluding carboxylic acids is 1. The molecule has 18 heavy (non-hydrogen) atoms. The fourth-order valence-corrected chi connectivity index (χ4v) is 2.93. The third-order valence-corrected chi connectivity index (χ3v) is 4.19. The third kappa shape index (κ3) is 2.90. The molecule has 1 heterocycles. The molecule has 3 nitrogen and oxygen atoms in total. The van der Waals surface area contributed by atoms with Gasteiger partial charge in [-0.25, -0.2) is 0 Å². The number of amides is 1. The van der Waals surface area contributed by atoms with E-state index in [1.54, 1.807) is 4.90 Å². The van der Waals surface area contributed by atoms with Gasteiger partial charge in [-0.15, -0.1) is 0 Å². The van der Waals surface area contributed by atoms with Gasteiger partial charge in [0.05, 0.1) is 4.70 Å². The van der Waals surface area contributed by atoms with Gasteiger partial charge in [-0.2, -0.15) is 4.37 Å². The Morgan fingerprint density at radius 1 is 1.39 bits per heavy atom. The molecule has 1 aromatic carbocycles. The second-order valence-corrected chi connectivity index (χ2v) is 5.75. The van der Waals surface area contributed by atoms with Crippen molar-refractivity contribution in [3.63, 3.8) is 0 Å². The summed E-state index contributed by atoms with van der Waals surface area (Å²) in [6.45, 7) is 0.774. The van der Waals surface area contributed by atoms with Gasteiger partial charge in [0.1, 0.15) is 5.69 Å². The number of fused-ring (bicyclic) bond motifs is 1. The average molecular weight is 327 g/mol. The van der Waals surface area contributed by atoms with Gasteiger partial charge in [0.25, 0.3) is 5.91 Å². The van der Waals surface area contributed by atoms with Gasteiger partial charge in [0.15, 0.2) is 0 Å². The highest BCUT2D eigenvalue weighted by Gasteiger charge is 2.17. The predicted octanol–water partition coefficient (Wildman–Crippen LogP) is 3.54. The van der Waals surface area contributed by atoms with Crippen molar-refractivity contribution in [1.82, 2.24) is 9.27 Å². The number of benzene rings is 1. The predicted molar refractivity (Wildman–Crippen MR) is 79.6 cm³/mol. The number of unbranched alkanes of at least 4 members (excludes halogenated alkanes) is 1. The zero-order valence-electron chi connectivity index (χ0n) is 10.2. The zero-order chi connectivity index (χ0) is 13.0. The summed E-state index contributed by atoms with van der Waals surface area (Å²) in [5.74, 6) is 0.0158. The first-order valence-corrected chi connectivity index (χ1v) is 7.79. The van der Waals surface area contributed by atoms with E-state index in [4.69, 9.17) is 0 Å². The maximum Gasteiger partial charge on any atom is 0.273 e. The van der Waals surface area contributed by atoms with Crippen LogP contribution in [-0.2, 0) is 0 Å². The van der Waals surface area contributed by atoms with E-state index in [1.807, 2.05) is 31.3 Å². The fourth-order valence-electron chi connectivity index (χ4n) is 1.77. The number of carbonyl (C=O) groups is 1. The number of halogens is 1. The van der Waals surface area contributed by atoms with E-state index in [0.29, 0.717) is 5.69 Å². The van der Waals surface area contributed by atoms with Crippen LogP contribution in [0.5, 0.6) is 0 Å². The number of alkyl halides is 1. The van der Waals surface area contributed by atoms with Crippen LogP contribution >= 0.6 is 27.5 Å². The van der Waals surface area contributed by atoms with Crippen LogP contribution in [0.15, 0.2) is 24.3 Å². The van der Waals surface area contributed by atoms with E-state index in [0.717, 1.165) is 34.8 Å². The van der Waals surface area contributed by atoms with Gasteiger partial charge in [0, 0.05) is 24.3 Å². The minimum absolute atomic E-state index is 0.0158. The van der Waals surface area contributed by atoms with Crippen molar-refractivity contribution in [2.24, 2.45) is 0 Å². The van der Waals surface area contributed by atoms with Crippen LogP contribution in [0.2, 0.25) is 0 Å². The topological polar surface area (TPSA) is 33.2 Å². The van der Waals surface area contributed by atoms with Crippen molar-refractivity contribution in [2.75, 3.05) is 18.9 Å². The SMILES string of the molecule is CN(CCCCBr)C(=O)c1nsc2ccccc12. The Morgan fingerprint density at radius 2 is 2.17 bits per heavy atom. The molecule has 2 rings (SSSR count). The van der Waals surface area contributed by atoms with Crippen LogP contribution in [0.25, 0.3) is 10.1 Å². The summed E-state index contributed by atoms with van der Waals surface area (Å²) in [5, 5.41) is 1.94. The second-order valence-electron chi connectivity index (χ2n) is 4.15. The van der Waals surface area contributed by atoms with E-state index in [-0.39, 0.29) is 5.91 Å². The molecule has 0 fully saturated rings. The largest absolute Gasteiger partial charge is 0.340 e. The quantitative estimate of drug-likeness (QED) is 0.622. The van der Waals surface area contributed by atoms with Crippen molar-refractivity contribution < 1.29 is 4.79 Å². The Labute approximate surface area is 119 Å². The Balaban J connectivity index is 2.13. The molecule has 0 saturated carbocycles. The van der Waals surface area contributed by atoms with Crippen LogP contribution in [0.1, 0.15) is 23.3 Å². The van der Waals surface area contributed by atoms with E-state index >= 15 is 0 Å². The molecule has 0 aliphatic rings. The lowest BCUT2D eigenvalue weighted by molar-refractivity contribution is 0.0791. The molecule has 0 bridgehead atoms. The molecule has 0 unspecified atom stereocenters. The Kier molecular flexibility index (Phi) is 4.72. The Hall–Kier alpha value is -0.940. The van der Waals surface area contributed by atoms with Gasteiger partial charge in [-0.3, -0.25) is 4.79 Å². The summed E-state index contributed by atoms with van der Waals surface area (Å²) >= 11 is 4.78. The molecule has 1 aromatic heterocycles. The summed E-state index contributed by atoms with van der Waals surface area (Å²) in [7, 11) is 1.84. The molecule has 96 valence electrons. The maximum absolute atomic E-state index is 12.3. The second kappa shape index (κ2) is 6.29. The summed E-state index contributed by atoms with van der Waals surface area (Å²) in [6, 6.07) is 7.86. The first kappa shape index (κ1) is 13.5. The standard InChI is InChI=1S/C13H15BrN2OS/c1-16(9-5-4-8-14)13(17)12-10-6-2-3-7-11(10)18-15-12/h2-3,6-7H,4-5,8-9H2,1H3. The van der Waals surface area contributed by atoms with E-state index in [2.05, 4.69) is 20.3 Å². The monoisotopic (exact) mass is 326 g/mol. The molecular formula is C13H15BrN2OS. The molecule has 0 aliphatic carbocycles. The van der Waals surface area contributed by atoms with Crippen LogP contribution in [-0.4, -0.2) is 34.1 Å². The first-order valence-electron chi connectivity index (χ1n) is 5.90. The van der Waals surface area contributed by atoms with E-state index < -0.39 is 0 Å². The van der Waals surface area contributed by atoms with Crippen molar-refractivity contribution >= 4 is 43.5 Å². The van der Waals surface area contributed by atoms with Crippen molar-refractivity contribution in [2.45, 2.75) is 12.8 Å². The lowest BCUT2D eigenvalue weighted by Crippen LogP contribution is -2.28. The maximum atomic E-state index is 12.3. The molecular weight excluding hydrogens is 312 g/mol. The van der Waals surface area contributed by atoms with E-state index in [9.17, 15) is 4.79 Å². The molecule has 0 spiro atoms. The zero-order valence-corrected chi connectivity index (χ0v) is 12.6. The Morgan fingerprint density at radius 3 is 2.94 bits per heavy atom. The van der Waals surface area contributed by atoms with Crippen LogP contribution in [0.4, 0.5) is 0 Å². The summed E-state index contributed by atoms with van der Waals surface area (Å²) < 4.78 is 5.35. The number of aromatic nitrogens is 1. The highest BCUT2D eigenvalue weighted by molar-refractivity contribution is 9.09. The molecule has 0 radical (unpaired) electrons. The number of nitrogens with zero attached hydrogens (tertiary/aromatic N) is 2.